The predicted octanol–water partition coefficient (Wildman–Crippen LogP) is 1.95. The van der Waals surface area contributed by atoms with Crippen molar-refractivity contribution >= 4 is 21.4 Å². The lowest BCUT2D eigenvalue weighted by molar-refractivity contribution is 0.419. The van der Waals surface area contributed by atoms with Gasteiger partial charge in [0.1, 0.15) is 16.4 Å². The van der Waals surface area contributed by atoms with Gasteiger partial charge in [-0.25, -0.2) is 12.8 Å². The molecule has 0 bridgehead atoms. The third-order valence-corrected chi connectivity index (χ3v) is 6.91. The molecule has 5 nitrogen and oxygen atoms in total. The molecule has 0 radical (unpaired) electrons. The first kappa shape index (κ1) is 16.5. The van der Waals surface area contributed by atoms with E-state index in [0.29, 0.717) is 5.69 Å². The Morgan fingerprint density at radius 3 is 2.68 bits per heavy atom. The minimum absolute atomic E-state index is 0.122. The molecular formula is C15H20FN3O2S. The molecule has 120 valence electrons. The number of sulfone groups is 1. The zero-order valence-corrected chi connectivity index (χ0v) is 13.4. The summed E-state index contributed by atoms with van der Waals surface area (Å²) in [5.74, 6) is -1.05. The van der Waals surface area contributed by atoms with Crippen molar-refractivity contribution in [3.8, 4) is 0 Å². The molecule has 2 atom stereocenters. The molecule has 0 aromatic heterocycles. The molecule has 0 saturated carbocycles. The summed E-state index contributed by atoms with van der Waals surface area (Å²) in [4.78, 5) is 0. The quantitative estimate of drug-likeness (QED) is 0.584. The van der Waals surface area contributed by atoms with Gasteiger partial charge in [-0.15, -0.1) is 6.58 Å². The van der Waals surface area contributed by atoms with Crippen LogP contribution in [-0.2, 0) is 15.4 Å². The number of rotatable bonds is 3. The fourth-order valence-electron chi connectivity index (χ4n) is 2.75. The summed E-state index contributed by atoms with van der Waals surface area (Å²) in [6.45, 7) is 6.60. The monoisotopic (exact) mass is 325 g/mol. The van der Waals surface area contributed by atoms with Crippen LogP contribution in [0.15, 0.2) is 30.9 Å². The van der Waals surface area contributed by atoms with Gasteiger partial charge in [-0.3, -0.25) is 5.41 Å². The van der Waals surface area contributed by atoms with Crippen LogP contribution in [0.1, 0.15) is 25.8 Å². The van der Waals surface area contributed by atoms with E-state index in [4.69, 9.17) is 11.1 Å². The Morgan fingerprint density at radius 2 is 2.14 bits per heavy atom. The molecule has 1 aliphatic rings. The average molecular weight is 325 g/mol. The molecule has 1 fully saturated rings. The maximum Gasteiger partial charge on any atom is 0.165 e. The first-order valence-corrected chi connectivity index (χ1v) is 8.47. The summed E-state index contributed by atoms with van der Waals surface area (Å²) in [5, 5.41) is 11.0. The van der Waals surface area contributed by atoms with Gasteiger partial charge in [-0.1, -0.05) is 6.08 Å². The third kappa shape index (κ3) is 2.39. The second kappa shape index (κ2) is 5.08. The van der Waals surface area contributed by atoms with Crippen molar-refractivity contribution < 1.29 is 12.8 Å². The molecular weight excluding hydrogens is 305 g/mol. The number of nitrogens with one attached hydrogen (secondary N) is 2. The second-order valence-electron chi connectivity index (χ2n) is 6.05. The van der Waals surface area contributed by atoms with Crippen LogP contribution in [0, 0.1) is 11.2 Å². The first-order chi connectivity index (χ1) is 10.1. The number of hydrogen-bond acceptors (Lipinski definition) is 4. The standard InChI is InChI=1S/C15H20FN3O2S/c1-4-7-15(3)13(18)19-14(2,9-22(15,20)21)11-8-10(17)5-6-12(11)16/h4-6,8H,1,7,9,17H2,2-3H3,(H2,18,19)/t14-,15+/m0/s1. The molecule has 22 heavy (non-hydrogen) atoms. The molecule has 4 N–H and O–H groups in total. The summed E-state index contributed by atoms with van der Waals surface area (Å²) in [6, 6.07) is 4.01. The lowest BCUT2D eigenvalue weighted by atomic mass is 9.91. The topological polar surface area (TPSA) is 96.0 Å². The number of nitrogens with two attached hydrogens (primary N) is 1. The molecule has 0 amide bonds. The lowest BCUT2D eigenvalue weighted by Gasteiger charge is -2.44. The number of allylic oxidation sites excluding steroid dienone is 1. The number of halogens is 1. The van der Waals surface area contributed by atoms with Gasteiger partial charge in [0, 0.05) is 11.3 Å². The Kier molecular flexibility index (Phi) is 3.81. The van der Waals surface area contributed by atoms with Crippen LogP contribution in [0.5, 0.6) is 0 Å². The van der Waals surface area contributed by atoms with Crippen LogP contribution in [0.3, 0.4) is 0 Å². The van der Waals surface area contributed by atoms with E-state index in [2.05, 4.69) is 11.9 Å². The van der Waals surface area contributed by atoms with E-state index in [1.54, 1.807) is 6.92 Å². The molecule has 1 aromatic rings. The molecule has 1 heterocycles. The van der Waals surface area contributed by atoms with Crippen molar-refractivity contribution in [1.82, 2.24) is 5.32 Å². The Bertz CT molecular complexity index is 747. The average Bonchev–Trinajstić information content (AvgIpc) is 2.39. The molecule has 0 spiro atoms. The van der Waals surface area contributed by atoms with Crippen LogP contribution in [-0.4, -0.2) is 24.8 Å². The molecule has 0 unspecified atom stereocenters. The smallest absolute Gasteiger partial charge is 0.165 e. The highest BCUT2D eigenvalue weighted by Crippen LogP contribution is 2.37. The minimum Gasteiger partial charge on any atom is -0.399 e. The molecule has 7 heteroatoms. The summed E-state index contributed by atoms with van der Waals surface area (Å²) < 4.78 is 38.2. The van der Waals surface area contributed by atoms with Crippen molar-refractivity contribution in [2.45, 2.75) is 30.6 Å². The van der Waals surface area contributed by atoms with Gasteiger partial charge < -0.3 is 11.1 Å². The van der Waals surface area contributed by atoms with Crippen molar-refractivity contribution in [3.63, 3.8) is 0 Å². The van der Waals surface area contributed by atoms with E-state index in [1.165, 1.54) is 31.2 Å². The predicted molar refractivity (Wildman–Crippen MR) is 86.0 cm³/mol. The van der Waals surface area contributed by atoms with Gasteiger partial charge in [0.2, 0.25) is 0 Å². The third-order valence-electron chi connectivity index (χ3n) is 4.21. The Hall–Kier alpha value is -1.89. The maximum absolute atomic E-state index is 14.1. The minimum atomic E-state index is -3.69. The molecule has 0 aliphatic carbocycles. The van der Waals surface area contributed by atoms with Crippen molar-refractivity contribution in [2.75, 3.05) is 11.5 Å². The van der Waals surface area contributed by atoms with E-state index in [9.17, 15) is 12.8 Å². The van der Waals surface area contributed by atoms with E-state index in [1.807, 2.05) is 0 Å². The van der Waals surface area contributed by atoms with Gasteiger partial charge in [0.25, 0.3) is 0 Å². The van der Waals surface area contributed by atoms with Crippen molar-refractivity contribution in [3.05, 3.63) is 42.2 Å². The SMILES string of the molecule is C=CC[C@]1(C)C(=N)N[C@](C)(c2cc(N)ccc2F)CS1(=O)=O. The Balaban J connectivity index is 2.55. The van der Waals surface area contributed by atoms with E-state index < -0.39 is 25.9 Å². The first-order valence-electron chi connectivity index (χ1n) is 6.82. The summed E-state index contributed by atoms with van der Waals surface area (Å²) >= 11 is 0. The van der Waals surface area contributed by atoms with Crippen LogP contribution in [0.2, 0.25) is 0 Å². The number of anilines is 1. The van der Waals surface area contributed by atoms with Crippen LogP contribution in [0.25, 0.3) is 0 Å². The number of amidine groups is 1. The Morgan fingerprint density at radius 1 is 1.50 bits per heavy atom. The van der Waals surface area contributed by atoms with Gasteiger partial charge in [0.15, 0.2) is 9.84 Å². The summed E-state index contributed by atoms with van der Waals surface area (Å²) in [6.07, 6.45) is 1.59. The molecule has 1 aromatic carbocycles. The van der Waals surface area contributed by atoms with Gasteiger partial charge in [0.05, 0.1) is 11.3 Å². The number of benzene rings is 1. The van der Waals surface area contributed by atoms with Crippen molar-refractivity contribution in [1.29, 1.82) is 5.41 Å². The van der Waals surface area contributed by atoms with Crippen LogP contribution < -0.4 is 11.1 Å². The van der Waals surface area contributed by atoms with Crippen LogP contribution in [0.4, 0.5) is 10.1 Å². The van der Waals surface area contributed by atoms with E-state index in [-0.39, 0.29) is 23.6 Å². The fourth-order valence-corrected chi connectivity index (χ4v) is 4.79. The largest absolute Gasteiger partial charge is 0.399 e. The highest BCUT2D eigenvalue weighted by molar-refractivity contribution is 7.93. The number of hydrogen-bond donors (Lipinski definition) is 3. The molecule has 1 saturated heterocycles. The maximum atomic E-state index is 14.1. The lowest BCUT2D eigenvalue weighted by Crippen LogP contribution is -2.65. The Labute approximate surface area is 129 Å². The molecule has 1 aliphatic heterocycles. The summed E-state index contributed by atoms with van der Waals surface area (Å²) in [7, 11) is -3.69. The second-order valence-corrected chi connectivity index (χ2v) is 8.47. The number of nitrogen functional groups attached to an aromatic ring is 1. The van der Waals surface area contributed by atoms with Gasteiger partial charge in [-0.05, 0) is 38.5 Å². The summed E-state index contributed by atoms with van der Waals surface area (Å²) in [5.41, 5.74) is 4.92. The normalized spacial score (nSPS) is 30.6. The van der Waals surface area contributed by atoms with Crippen molar-refractivity contribution in [2.24, 2.45) is 0 Å². The zero-order valence-electron chi connectivity index (χ0n) is 12.6. The zero-order chi connectivity index (χ0) is 16.8. The molecule has 2 rings (SSSR count). The van der Waals surface area contributed by atoms with E-state index in [0.717, 1.165) is 0 Å². The highest BCUT2D eigenvalue weighted by Gasteiger charge is 2.53. The van der Waals surface area contributed by atoms with Gasteiger partial charge in [-0.2, -0.15) is 0 Å². The fraction of sp³-hybridized carbons (Fsp3) is 0.400. The van der Waals surface area contributed by atoms with Crippen LogP contribution >= 0.6 is 0 Å². The highest BCUT2D eigenvalue weighted by atomic mass is 32.2. The van der Waals surface area contributed by atoms with E-state index >= 15 is 0 Å². The van der Waals surface area contributed by atoms with Gasteiger partial charge >= 0.3 is 0 Å².